The second-order valence-electron chi connectivity index (χ2n) is 5.19. The van der Waals surface area contributed by atoms with Crippen molar-refractivity contribution in [2.45, 2.75) is 46.6 Å². The van der Waals surface area contributed by atoms with E-state index >= 15 is 0 Å². The van der Waals surface area contributed by atoms with E-state index in [1.807, 2.05) is 20.8 Å². The van der Waals surface area contributed by atoms with E-state index in [0.29, 0.717) is 5.69 Å². The van der Waals surface area contributed by atoms with Gasteiger partial charge in [0.05, 0.1) is 16.7 Å². The zero-order valence-electron chi connectivity index (χ0n) is 13.1. The Morgan fingerprint density at radius 3 is 2.76 bits per heavy atom. The molecule has 0 aliphatic carbocycles. The lowest BCUT2D eigenvalue weighted by atomic mass is 10.1. The standard InChI is InChI=1S/C15H21N3O2S/c1-6-7-12-8-13(17-20-12)15(19)18(5)9(2)14-10(3)21-11(4)16-14/h8-9H,6-7H2,1-5H3/t9-/m1/s1. The van der Waals surface area contributed by atoms with Crippen molar-refractivity contribution in [2.75, 3.05) is 7.05 Å². The molecule has 0 fully saturated rings. The van der Waals surface area contributed by atoms with Crippen molar-refractivity contribution in [3.05, 3.63) is 33.1 Å². The van der Waals surface area contributed by atoms with Crippen LogP contribution in [0.3, 0.4) is 0 Å². The summed E-state index contributed by atoms with van der Waals surface area (Å²) in [7, 11) is 1.77. The number of rotatable bonds is 5. The van der Waals surface area contributed by atoms with E-state index in [2.05, 4.69) is 17.1 Å². The van der Waals surface area contributed by atoms with Crippen LogP contribution in [0.5, 0.6) is 0 Å². The van der Waals surface area contributed by atoms with Gasteiger partial charge in [0.25, 0.3) is 5.91 Å². The van der Waals surface area contributed by atoms with Crippen molar-refractivity contribution >= 4 is 17.2 Å². The smallest absolute Gasteiger partial charge is 0.276 e. The molecule has 1 amide bonds. The fourth-order valence-electron chi connectivity index (χ4n) is 2.25. The van der Waals surface area contributed by atoms with Gasteiger partial charge in [-0.05, 0) is 27.2 Å². The molecule has 2 aromatic heterocycles. The molecule has 6 heteroatoms. The molecule has 0 saturated heterocycles. The Morgan fingerprint density at radius 1 is 1.48 bits per heavy atom. The summed E-state index contributed by atoms with van der Waals surface area (Å²) >= 11 is 1.65. The average Bonchev–Trinajstić information content (AvgIpc) is 3.03. The molecule has 2 aromatic rings. The number of nitrogens with zero attached hydrogens (tertiary/aromatic N) is 3. The number of amides is 1. The zero-order chi connectivity index (χ0) is 15.6. The molecular formula is C15H21N3O2S. The monoisotopic (exact) mass is 307 g/mol. The lowest BCUT2D eigenvalue weighted by molar-refractivity contribution is 0.0729. The van der Waals surface area contributed by atoms with Gasteiger partial charge in [-0.3, -0.25) is 4.79 Å². The maximum absolute atomic E-state index is 12.5. The van der Waals surface area contributed by atoms with Crippen LogP contribution >= 0.6 is 11.3 Å². The highest BCUT2D eigenvalue weighted by atomic mass is 32.1. The van der Waals surface area contributed by atoms with Crippen molar-refractivity contribution in [1.82, 2.24) is 15.0 Å². The minimum absolute atomic E-state index is 0.0891. The quantitative estimate of drug-likeness (QED) is 0.848. The lowest BCUT2D eigenvalue weighted by Crippen LogP contribution is -2.30. The minimum Gasteiger partial charge on any atom is -0.361 e. The number of carbonyl (C=O) groups excluding carboxylic acids is 1. The molecule has 0 bridgehead atoms. The van der Waals surface area contributed by atoms with E-state index < -0.39 is 0 Å². The third kappa shape index (κ3) is 3.32. The van der Waals surface area contributed by atoms with Gasteiger partial charge < -0.3 is 9.42 Å². The second kappa shape index (κ2) is 6.39. The van der Waals surface area contributed by atoms with Crippen molar-refractivity contribution in [3.8, 4) is 0 Å². The first-order chi connectivity index (χ1) is 9.93. The normalized spacial score (nSPS) is 12.4. The van der Waals surface area contributed by atoms with Crippen LogP contribution in [0.2, 0.25) is 0 Å². The first-order valence-corrected chi connectivity index (χ1v) is 7.92. The molecule has 0 aromatic carbocycles. The topological polar surface area (TPSA) is 59.2 Å². The number of carbonyl (C=O) groups is 1. The SMILES string of the molecule is CCCc1cc(C(=O)N(C)[C@H](C)c2nc(C)sc2C)no1. The van der Waals surface area contributed by atoms with E-state index in [0.717, 1.165) is 34.2 Å². The summed E-state index contributed by atoms with van der Waals surface area (Å²) in [6.45, 7) is 8.05. The van der Waals surface area contributed by atoms with E-state index in [4.69, 9.17) is 4.52 Å². The Bertz CT molecular complexity index is 633. The maximum Gasteiger partial charge on any atom is 0.276 e. The van der Waals surface area contributed by atoms with Gasteiger partial charge in [-0.15, -0.1) is 11.3 Å². The summed E-state index contributed by atoms with van der Waals surface area (Å²) in [4.78, 5) is 19.8. The highest BCUT2D eigenvalue weighted by molar-refractivity contribution is 7.11. The lowest BCUT2D eigenvalue weighted by Gasteiger charge is -2.23. The minimum atomic E-state index is -0.140. The second-order valence-corrected chi connectivity index (χ2v) is 6.60. The fourth-order valence-corrected chi connectivity index (χ4v) is 3.16. The molecular weight excluding hydrogens is 286 g/mol. The number of hydrogen-bond acceptors (Lipinski definition) is 5. The number of thiazole rings is 1. The fraction of sp³-hybridized carbons (Fsp3) is 0.533. The van der Waals surface area contributed by atoms with Crippen LogP contribution < -0.4 is 0 Å². The summed E-state index contributed by atoms with van der Waals surface area (Å²) in [6.07, 6.45) is 1.76. The molecule has 2 rings (SSSR count). The van der Waals surface area contributed by atoms with Gasteiger partial charge in [-0.25, -0.2) is 4.98 Å². The maximum atomic E-state index is 12.5. The molecule has 21 heavy (non-hydrogen) atoms. The van der Waals surface area contributed by atoms with Gasteiger partial charge in [-0.1, -0.05) is 12.1 Å². The molecule has 0 unspecified atom stereocenters. The Hall–Kier alpha value is -1.69. The van der Waals surface area contributed by atoms with Crippen LogP contribution in [0, 0.1) is 13.8 Å². The molecule has 0 aliphatic rings. The Balaban J connectivity index is 2.16. The number of hydrogen-bond donors (Lipinski definition) is 0. The predicted octanol–water partition coefficient (Wildman–Crippen LogP) is 3.53. The highest BCUT2D eigenvalue weighted by Gasteiger charge is 2.24. The van der Waals surface area contributed by atoms with Gasteiger partial charge in [0.15, 0.2) is 5.69 Å². The zero-order valence-corrected chi connectivity index (χ0v) is 14.0. The number of aromatic nitrogens is 2. The molecule has 1 atom stereocenters. The first kappa shape index (κ1) is 15.7. The van der Waals surface area contributed by atoms with Crippen LogP contribution in [0.25, 0.3) is 0 Å². The molecule has 0 N–H and O–H groups in total. The largest absolute Gasteiger partial charge is 0.361 e. The van der Waals surface area contributed by atoms with E-state index in [1.165, 1.54) is 0 Å². The van der Waals surface area contributed by atoms with E-state index in [-0.39, 0.29) is 11.9 Å². The average molecular weight is 307 g/mol. The molecule has 5 nitrogen and oxygen atoms in total. The van der Waals surface area contributed by atoms with Crippen LogP contribution in [0.15, 0.2) is 10.6 Å². The summed E-state index contributed by atoms with van der Waals surface area (Å²) in [5.74, 6) is 0.612. The molecule has 0 spiro atoms. The van der Waals surface area contributed by atoms with Crippen molar-refractivity contribution in [1.29, 1.82) is 0 Å². The molecule has 0 radical (unpaired) electrons. The Kier molecular flexibility index (Phi) is 4.77. The highest BCUT2D eigenvalue weighted by Crippen LogP contribution is 2.26. The molecule has 2 heterocycles. The van der Waals surface area contributed by atoms with Gasteiger partial charge in [0, 0.05) is 24.4 Å². The summed E-state index contributed by atoms with van der Waals surface area (Å²) < 4.78 is 5.18. The predicted molar refractivity (Wildman–Crippen MR) is 82.6 cm³/mol. The molecule has 0 saturated carbocycles. The van der Waals surface area contributed by atoms with Crippen molar-refractivity contribution in [3.63, 3.8) is 0 Å². The van der Waals surface area contributed by atoms with Gasteiger partial charge in [0.2, 0.25) is 0 Å². The summed E-state index contributed by atoms with van der Waals surface area (Å²) in [5.41, 5.74) is 1.31. The van der Waals surface area contributed by atoms with Crippen LogP contribution in [0.4, 0.5) is 0 Å². The summed E-state index contributed by atoms with van der Waals surface area (Å²) in [6, 6.07) is 1.64. The number of aryl methyl sites for hydroxylation is 3. The van der Waals surface area contributed by atoms with Crippen molar-refractivity contribution < 1.29 is 9.32 Å². The first-order valence-electron chi connectivity index (χ1n) is 7.10. The third-order valence-corrected chi connectivity index (χ3v) is 4.41. The van der Waals surface area contributed by atoms with Crippen molar-refractivity contribution in [2.24, 2.45) is 0 Å². The van der Waals surface area contributed by atoms with Gasteiger partial charge in [-0.2, -0.15) is 0 Å². The van der Waals surface area contributed by atoms with Gasteiger partial charge >= 0.3 is 0 Å². The summed E-state index contributed by atoms with van der Waals surface area (Å²) in [5, 5.41) is 4.89. The Morgan fingerprint density at radius 2 is 2.19 bits per heavy atom. The van der Waals surface area contributed by atoms with Crippen LogP contribution in [-0.4, -0.2) is 28.0 Å². The molecule has 114 valence electrons. The van der Waals surface area contributed by atoms with Gasteiger partial charge in [0.1, 0.15) is 5.76 Å². The van der Waals surface area contributed by atoms with Crippen LogP contribution in [0.1, 0.15) is 58.1 Å². The molecule has 0 aliphatic heterocycles. The van der Waals surface area contributed by atoms with E-state index in [1.54, 1.807) is 29.4 Å². The van der Waals surface area contributed by atoms with E-state index in [9.17, 15) is 4.79 Å². The van der Waals surface area contributed by atoms with Crippen LogP contribution in [-0.2, 0) is 6.42 Å². The third-order valence-electron chi connectivity index (χ3n) is 3.51. The Labute approximate surface area is 129 Å².